The summed E-state index contributed by atoms with van der Waals surface area (Å²) in [5.74, 6) is 1.82. The first kappa shape index (κ1) is 19.3. The molecule has 0 radical (unpaired) electrons. The molecule has 0 saturated carbocycles. The van der Waals surface area contributed by atoms with Crippen LogP contribution in [0.1, 0.15) is 49.1 Å². The lowest BCUT2D eigenvalue weighted by atomic mass is 9.94. The van der Waals surface area contributed by atoms with Gasteiger partial charge in [-0.2, -0.15) is 5.10 Å². The van der Waals surface area contributed by atoms with Gasteiger partial charge in [0.05, 0.1) is 5.69 Å². The lowest BCUT2D eigenvalue weighted by molar-refractivity contribution is -0.132. The highest BCUT2D eigenvalue weighted by atomic mass is 16.6. The highest BCUT2D eigenvalue weighted by Crippen LogP contribution is 2.33. The number of aryl methyl sites for hydroxylation is 2. The van der Waals surface area contributed by atoms with Gasteiger partial charge < -0.3 is 19.7 Å². The van der Waals surface area contributed by atoms with Crippen molar-refractivity contribution in [1.82, 2.24) is 15.1 Å². The van der Waals surface area contributed by atoms with Crippen LogP contribution in [0.4, 0.5) is 5.69 Å². The molecule has 1 amide bonds. The number of nitrogens with zero attached hydrogens (tertiary/aromatic N) is 2. The van der Waals surface area contributed by atoms with Crippen molar-refractivity contribution >= 4 is 11.6 Å². The van der Waals surface area contributed by atoms with Crippen molar-refractivity contribution < 1.29 is 14.3 Å². The zero-order chi connectivity index (χ0) is 20.3. The number of anilines is 1. The third kappa shape index (κ3) is 4.11. The minimum atomic E-state index is 0.233. The largest absolute Gasteiger partial charge is 0.486 e. The number of hydrogen-bond acceptors (Lipinski definition) is 5. The first-order chi connectivity index (χ1) is 14.8. The molecule has 2 N–H and O–H groups in total. The van der Waals surface area contributed by atoms with Crippen LogP contribution in [0, 0.1) is 0 Å². The lowest BCUT2D eigenvalue weighted by Crippen LogP contribution is -2.45. The average Bonchev–Trinajstić information content (AvgIpc) is 3.21. The number of hydrogen-bond donors (Lipinski definition) is 2. The molecule has 3 aliphatic rings. The standard InChI is InChI=1S/C23H30N4O3/c28-23(10-8-20-18-5-1-2-6-19(18)25-26-20)27-11-3-4-17(15-27)24-16-7-9-21-22(14-16)30-13-12-29-21/h7,9,14,17,24H,1-6,8,10-13,15H2,(H,25,26)/t17-/m0/s1. The summed E-state index contributed by atoms with van der Waals surface area (Å²) in [7, 11) is 0. The van der Waals surface area contributed by atoms with Crippen molar-refractivity contribution in [3.05, 3.63) is 35.2 Å². The van der Waals surface area contributed by atoms with E-state index in [4.69, 9.17) is 9.47 Å². The Morgan fingerprint density at radius 1 is 1.17 bits per heavy atom. The third-order valence-corrected chi connectivity index (χ3v) is 6.40. The number of aromatic nitrogens is 2. The summed E-state index contributed by atoms with van der Waals surface area (Å²) in [5.41, 5.74) is 4.76. The number of fused-ring (bicyclic) bond motifs is 2. The first-order valence-electron chi connectivity index (χ1n) is 11.3. The Morgan fingerprint density at radius 2 is 2.03 bits per heavy atom. The summed E-state index contributed by atoms with van der Waals surface area (Å²) in [5, 5.41) is 11.3. The molecule has 30 heavy (non-hydrogen) atoms. The molecule has 2 aromatic rings. The van der Waals surface area contributed by atoms with Crippen molar-refractivity contribution in [2.45, 2.75) is 57.4 Å². The molecule has 3 heterocycles. The van der Waals surface area contributed by atoms with Gasteiger partial charge in [-0.05, 0) is 56.2 Å². The van der Waals surface area contributed by atoms with Crippen molar-refractivity contribution in [2.24, 2.45) is 0 Å². The van der Waals surface area contributed by atoms with Crippen LogP contribution < -0.4 is 14.8 Å². The maximum Gasteiger partial charge on any atom is 0.223 e. The Kier molecular flexibility index (Phi) is 5.51. The molecule has 0 unspecified atom stereocenters. The Bertz CT molecular complexity index is 910. The monoisotopic (exact) mass is 410 g/mol. The summed E-state index contributed by atoms with van der Waals surface area (Å²) in [4.78, 5) is 14.9. The van der Waals surface area contributed by atoms with Crippen molar-refractivity contribution in [2.75, 3.05) is 31.6 Å². The van der Waals surface area contributed by atoms with E-state index in [0.717, 1.165) is 68.1 Å². The van der Waals surface area contributed by atoms with E-state index in [1.165, 1.54) is 24.1 Å². The van der Waals surface area contributed by atoms with E-state index in [1.807, 2.05) is 23.1 Å². The summed E-state index contributed by atoms with van der Waals surface area (Å²) >= 11 is 0. The van der Waals surface area contributed by atoms with Gasteiger partial charge >= 0.3 is 0 Å². The number of benzene rings is 1. The molecule has 1 aromatic heterocycles. The van der Waals surface area contributed by atoms with Crippen LogP contribution in [0.15, 0.2) is 18.2 Å². The third-order valence-electron chi connectivity index (χ3n) is 6.40. The molecular formula is C23H30N4O3. The molecule has 160 valence electrons. The fourth-order valence-corrected chi connectivity index (χ4v) is 4.83. The normalized spacial score (nSPS) is 20.5. The van der Waals surface area contributed by atoms with E-state index in [1.54, 1.807) is 0 Å². The number of carbonyl (C=O) groups excluding carboxylic acids is 1. The first-order valence-corrected chi connectivity index (χ1v) is 11.3. The Hall–Kier alpha value is -2.70. The molecule has 1 atom stereocenters. The van der Waals surface area contributed by atoms with E-state index >= 15 is 0 Å². The maximum absolute atomic E-state index is 12.9. The highest BCUT2D eigenvalue weighted by Gasteiger charge is 2.25. The number of H-pyrrole nitrogens is 1. The number of nitrogens with one attached hydrogen (secondary N) is 2. The molecule has 0 spiro atoms. The maximum atomic E-state index is 12.9. The summed E-state index contributed by atoms with van der Waals surface area (Å²) in [6, 6.07) is 6.22. The molecule has 5 rings (SSSR count). The number of likely N-dealkylation sites (tertiary alicyclic amines) is 1. The zero-order valence-corrected chi connectivity index (χ0v) is 17.4. The van der Waals surface area contributed by atoms with Crippen molar-refractivity contribution in [3.63, 3.8) is 0 Å². The molecule has 2 aliphatic heterocycles. The van der Waals surface area contributed by atoms with Crippen LogP contribution in [0.25, 0.3) is 0 Å². The van der Waals surface area contributed by atoms with Crippen LogP contribution in [0.2, 0.25) is 0 Å². The lowest BCUT2D eigenvalue weighted by Gasteiger charge is -2.34. The SMILES string of the molecule is O=C(CCc1n[nH]c2c1CCCC2)N1CCC[C@H](Nc2ccc3c(c2)OCCO3)C1. The van der Waals surface area contributed by atoms with Gasteiger partial charge in [0, 0.05) is 49.4 Å². The predicted molar refractivity (Wildman–Crippen MR) is 114 cm³/mol. The summed E-state index contributed by atoms with van der Waals surface area (Å²) in [6.07, 6.45) is 8.01. The number of carbonyl (C=O) groups is 1. The van der Waals surface area contributed by atoms with Gasteiger partial charge in [-0.15, -0.1) is 0 Å². The second-order valence-electron chi connectivity index (χ2n) is 8.52. The second kappa shape index (κ2) is 8.58. The van der Waals surface area contributed by atoms with Gasteiger partial charge in [0.15, 0.2) is 11.5 Å². The fourth-order valence-electron chi connectivity index (χ4n) is 4.83. The van der Waals surface area contributed by atoms with E-state index in [9.17, 15) is 4.79 Å². The van der Waals surface area contributed by atoms with Gasteiger partial charge in [-0.3, -0.25) is 9.89 Å². The number of rotatable bonds is 5. The molecule has 7 heteroatoms. The van der Waals surface area contributed by atoms with E-state index in [2.05, 4.69) is 15.5 Å². The van der Waals surface area contributed by atoms with E-state index in [-0.39, 0.29) is 11.9 Å². The average molecular weight is 411 g/mol. The molecule has 1 aliphatic carbocycles. The van der Waals surface area contributed by atoms with E-state index in [0.29, 0.717) is 19.6 Å². The van der Waals surface area contributed by atoms with Crippen LogP contribution in [0.5, 0.6) is 11.5 Å². The fraction of sp³-hybridized carbons (Fsp3) is 0.565. The topological polar surface area (TPSA) is 79.5 Å². The predicted octanol–water partition coefficient (Wildman–Crippen LogP) is 3.10. The summed E-state index contributed by atoms with van der Waals surface area (Å²) < 4.78 is 11.3. The molecule has 1 saturated heterocycles. The molecule has 1 aromatic carbocycles. The molecular weight excluding hydrogens is 380 g/mol. The van der Waals surface area contributed by atoms with Gasteiger partial charge in [0.2, 0.25) is 5.91 Å². The van der Waals surface area contributed by atoms with E-state index < -0.39 is 0 Å². The number of amides is 1. The van der Waals surface area contributed by atoms with Crippen LogP contribution in [-0.4, -0.2) is 53.3 Å². The van der Waals surface area contributed by atoms with Gasteiger partial charge in [0.1, 0.15) is 13.2 Å². The summed E-state index contributed by atoms with van der Waals surface area (Å²) in [6.45, 7) is 2.77. The quantitative estimate of drug-likeness (QED) is 0.792. The Labute approximate surface area is 177 Å². The van der Waals surface area contributed by atoms with Crippen LogP contribution in [0.3, 0.4) is 0 Å². The second-order valence-corrected chi connectivity index (χ2v) is 8.52. The van der Waals surface area contributed by atoms with Crippen molar-refractivity contribution in [3.8, 4) is 11.5 Å². The molecule has 7 nitrogen and oxygen atoms in total. The molecule has 0 bridgehead atoms. The Balaban J connectivity index is 1.16. The number of piperidine rings is 1. The van der Waals surface area contributed by atoms with Gasteiger partial charge in [-0.1, -0.05) is 0 Å². The van der Waals surface area contributed by atoms with Crippen LogP contribution >= 0.6 is 0 Å². The van der Waals surface area contributed by atoms with Gasteiger partial charge in [-0.25, -0.2) is 0 Å². The smallest absolute Gasteiger partial charge is 0.223 e. The minimum absolute atomic E-state index is 0.233. The van der Waals surface area contributed by atoms with Gasteiger partial charge in [0.25, 0.3) is 0 Å². The minimum Gasteiger partial charge on any atom is -0.486 e. The zero-order valence-electron chi connectivity index (χ0n) is 17.4. The number of ether oxygens (including phenoxy) is 2. The Morgan fingerprint density at radius 3 is 2.97 bits per heavy atom. The molecule has 1 fully saturated rings. The highest BCUT2D eigenvalue weighted by molar-refractivity contribution is 5.76. The van der Waals surface area contributed by atoms with Crippen LogP contribution in [-0.2, 0) is 24.1 Å². The number of aromatic amines is 1. The van der Waals surface area contributed by atoms with Crippen molar-refractivity contribution in [1.29, 1.82) is 0 Å².